The van der Waals surface area contributed by atoms with Gasteiger partial charge in [-0.15, -0.1) is 27.8 Å². The predicted octanol–water partition coefficient (Wildman–Crippen LogP) is 4.33. The third kappa shape index (κ3) is 4.86. The SMILES string of the molecule is COc1ccc(C(=O)n2nc(NCc3cccs3)nc2NCc2cccs2)cc1OC. The number of carbonyl (C=O) groups excluding carboxylic acids is 1. The van der Waals surface area contributed by atoms with Crippen LogP contribution in [0.2, 0.25) is 0 Å². The Morgan fingerprint density at radius 3 is 2.26 bits per heavy atom. The lowest BCUT2D eigenvalue weighted by Crippen LogP contribution is -2.17. The molecule has 3 heterocycles. The molecular formula is C21H21N5O3S2. The highest BCUT2D eigenvalue weighted by molar-refractivity contribution is 7.10. The number of hydrogen-bond donors (Lipinski definition) is 2. The van der Waals surface area contributed by atoms with Crippen molar-refractivity contribution in [2.24, 2.45) is 0 Å². The fraction of sp³-hybridized carbons (Fsp3) is 0.190. The number of aromatic nitrogens is 3. The molecule has 4 rings (SSSR count). The van der Waals surface area contributed by atoms with Crippen LogP contribution >= 0.6 is 22.7 Å². The Hall–Kier alpha value is -3.37. The second kappa shape index (κ2) is 9.63. The van der Waals surface area contributed by atoms with Crippen LogP contribution in [0.5, 0.6) is 11.5 Å². The van der Waals surface area contributed by atoms with Crippen molar-refractivity contribution in [1.82, 2.24) is 14.8 Å². The molecule has 0 spiro atoms. The largest absolute Gasteiger partial charge is 0.493 e. The van der Waals surface area contributed by atoms with E-state index in [1.807, 2.05) is 35.0 Å². The highest BCUT2D eigenvalue weighted by Gasteiger charge is 2.20. The zero-order valence-electron chi connectivity index (χ0n) is 17.0. The number of anilines is 2. The summed E-state index contributed by atoms with van der Waals surface area (Å²) < 4.78 is 11.9. The maximum Gasteiger partial charge on any atom is 0.281 e. The lowest BCUT2D eigenvalue weighted by molar-refractivity contribution is 0.0947. The molecule has 0 aliphatic rings. The monoisotopic (exact) mass is 455 g/mol. The van der Waals surface area contributed by atoms with E-state index in [2.05, 4.69) is 20.7 Å². The Labute approximate surface area is 187 Å². The minimum atomic E-state index is -0.327. The van der Waals surface area contributed by atoms with Crippen molar-refractivity contribution in [3.05, 3.63) is 68.5 Å². The first-order chi connectivity index (χ1) is 15.2. The summed E-state index contributed by atoms with van der Waals surface area (Å²) in [5, 5.41) is 14.8. The Morgan fingerprint density at radius 1 is 0.968 bits per heavy atom. The summed E-state index contributed by atoms with van der Waals surface area (Å²) in [6.07, 6.45) is 0. The molecule has 0 saturated carbocycles. The molecule has 0 aliphatic carbocycles. The zero-order chi connectivity index (χ0) is 21.6. The van der Waals surface area contributed by atoms with Gasteiger partial charge in [-0.3, -0.25) is 4.79 Å². The Bertz CT molecular complexity index is 1140. The average molecular weight is 456 g/mol. The van der Waals surface area contributed by atoms with Gasteiger partial charge in [-0.1, -0.05) is 12.1 Å². The first-order valence-corrected chi connectivity index (χ1v) is 11.2. The van der Waals surface area contributed by atoms with Crippen LogP contribution in [0.3, 0.4) is 0 Å². The van der Waals surface area contributed by atoms with Crippen molar-refractivity contribution in [3.8, 4) is 11.5 Å². The summed E-state index contributed by atoms with van der Waals surface area (Å²) in [6.45, 7) is 1.12. The molecule has 31 heavy (non-hydrogen) atoms. The third-order valence-electron chi connectivity index (χ3n) is 4.43. The topological polar surface area (TPSA) is 90.3 Å². The quantitative estimate of drug-likeness (QED) is 0.388. The maximum absolute atomic E-state index is 13.2. The van der Waals surface area contributed by atoms with Crippen LogP contribution in [-0.2, 0) is 13.1 Å². The lowest BCUT2D eigenvalue weighted by atomic mass is 10.2. The van der Waals surface area contributed by atoms with E-state index in [-0.39, 0.29) is 5.91 Å². The van der Waals surface area contributed by atoms with Gasteiger partial charge in [0, 0.05) is 15.3 Å². The molecule has 10 heteroatoms. The zero-order valence-corrected chi connectivity index (χ0v) is 18.6. The Balaban J connectivity index is 1.60. The van der Waals surface area contributed by atoms with Gasteiger partial charge >= 0.3 is 0 Å². The summed E-state index contributed by atoms with van der Waals surface area (Å²) >= 11 is 3.27. The van der Waals surface area contributed by atoms with Crippen molar-refractivity contribution in [2.75, 3.05) is 24.9 Å². The standard InChI is InChI=1S/C21H21N5O3S2/c1-28-17-8-7-14(11-18(17)29-2)19(27)26-21(23-13-16-6-4-10-31-16)24-20(25-26)22-12-15-5-3-9-30-15/h3-11H,12-13H2,1-2H3,(H2,22,23,24,25). The number of methoxy groups -OCH3 is 2. The van der Waals surface area contributed by atoms with E-state index in [0.29, 0.717) is 42.0 Å². The van der Waals surface area contributed by atoms with Gasteiger partial charge in [-0.25, -0.2) is 0 Å². The summed E-state index contributed by atoms with van der Waals surface area (Å²) in [5.41, 5.74) is 0.409. The average Bonchev–Trinajstić information content (AvgIpc) is 3.57. The van der Waals surface area contributed by atoms with Crippen LogP contribution < -0.4 is 20.1 Å². The van der Waals surface area contributed by atoms with Crippen LogP contribution in [0.4, 0.5) is 11.9 Å². The van der Waals surface area contributed by atoms with Crippen LogP contribution in [-0.4, -0.2) is 34.9 Å². The summed E-state index contributed by atoms with van der Waals surface area (Å²) in [7, 11) is 3.08. The normalized spacial score (nSPS) is 10.6. The van der Waals surface area contributed by atoms with Gasteiger partial charge in [0.15, 0.2) is 11.5 Å². The van der Waals surface area contributed by atoms with Crippen molar-refractivity contribution in [3.63, 3.8) is 0 Å². The molecule has 0 fully saturated rings. The van der Waals surface area contributed by atoms with E-state index in [9.17, 15) is 4.79 Å². The molecule has 0 unspecified atom stereocenters. The first-order valence-electron chi connectivity index (χ1n) is 9.44. The highest BCUT2D eigenvalue weighted by Crippen LogP contribution is 2.28. The van der Waals surface area contributed by atoms with Gasteiger partial charge in [0.05, 0.1) is 27.3 Å². The number of nitrogens with zero attached hydrogens (tertiary/aromatic N) is 3. The molecule has 4 aromatic rings. The van der Waals surface area contributed by atoms with Crippen molar-refractivity contribution in [1.29, 1.82) is 0 Å². The van der Waals surface area contributed by atoms with Gasteiger partial charge in [0.2, 0.25) is 11.9 Å². The summed E-state index contributed by atoms with van der Waals surface area (Å²) in [6, 6.07) is 13.0. The molecule has 0 saturated heterocycles. The molecule has 2 N–H and O–H groups in total. The fourth-order valence-electron chi connectivity index (χ4n) is 2.89. The van der Waals surface area contributed by atoms with E-state index in [0.717, 1.165) is 9.75 Å². The highest BCUT2D eigenvalue weighted by atomic mass is 32.1. The molecule has 8 nitrogen and oxygen atoms in total. The minimum Gasteiger partial charge on any atom is -0.493 e. The van der Waals surface area contributed by atoms with Crippen LogP contribution in [0.25, 0.3) is 0 Å². The van der Waals surface area contributed by atoms with Crippen molar-refractivity contribution < 1.29 is 14.3 Å². The molecule has 0 bridgehead atoms. The van der Waals surface area contributed by atoms with E-state index in [4.69, 9.17) is 9.47 Å². The van der Waals surface area contributed by atoms with E-state index in [1.54, 1.807) is 48.0 Å². The maximum atomic E-state index is 13.2. The summed E-state index contributed by atoms with van der Waals surface area (Å²) in [4.78, 5) is 20.0. The number of benzene rings is 1. The predicted molar refractivity (Wildman–Crippen MR) is 123 cm³/mol. The number of ether oxygens (including phenoxy) is 2. The molecule has 0 aliphatic heterocycles. The molecule has 1 aromatic carbocycles. The van der Waals surface area contributed by atoms with E-state index in [1.165, 1.54) is 11.8 Å². The number of nitrogens with one attached hydrogen (secondary N) is 2. The number of carbonyl (C=O) groups is 1. The second-order valence-corrected chi connectivity index (χ2v) is 8.48. The van der Waals surface area contributed by atoms with E-state index >= 15 is 0 Å². The molecule has 3 aromatic heterocycles. The minimum absolute atomic E-state index is 0.327. The van der Waals surface area contributed by atoms with Crippen molar-refractivity contribution >= 4 is 40.5 Å². The molecule has 0 atom stereocenters. The molecule has 0 radical (unpaired) electrons. The fourth-order valence-corrected chi connectivity index (χ4v) is 4.18. The van der Waals surface area contributed by atoms with Gasteiger partial charge in [-0.05, 0) is 41.1 Å². The number of thiophene rings is 2. The Kier molecular flexibility index (Phi) is 6.48. The van der Waals surface area contributed by atoms with Gasteiger partial charge in [0.1, 0.15) is 0 Å². The van der Waals surface area contributed by atoms with E-state index < -0.39 is 0 Å². The van der Waals surface area contributed by atoms with Crippen LogP contribution in [0.1, 0.15) is 20.1 Å². The molecule has 160 valence electrons. The van der Waals surface area contributed by atoms with Gasteiger partial charge < -0.3 is 20.1 Å². The first kappa shape index (κ1) is 20.9. The molecule has 0 amide bonds. The number of hydrogen-bond acceptors (Lipinski definition) is 9. The van der Waals surface area contributed by atoms with Crippen LogP contribution in [0, 0.1) is 0 Å². The van der Waals surface area contributed by atoms with Gasteiger partial charge in [-0.2, -0.15) is 9.67 Å². The third-order valence-corrected chi connectivity index (χ3v) is 6.18. The number of rotatable bonds is 9. The molecular weight excluding hydrogens is 434 g/mol. The smallest absolute Gasteiger partial charge is 0.281 e. The van der Waals surface area contributed by atoms with Crippen molar-refractivity contribution in [2.45, 2.75) is 13.1 Å². The van der Waals surface area contributed by atoms with Crippen LogP contribution in [0.15, 0.2) is 53.2 Å². The summed E-state index contributed by atoms with van der Waals surface area (Å²) in [5.74, 6) is 1.42. The lowest BCUT2D eigenvalue weighted by Gasteiger charge is -2.10. The van der Waals surface area contributed by atoms with Gasteiger partial charge in [0.25, 0.3) is 5.91 Å². The second-order valence-electron chi connectivity index (χ2n) is 6.41. The Morgan fingerprint density at radius 2 is 1.65 bits per heavy atom.